The number of aliphatic hydroxyl groups is 1. The summed E-state index contributed by atoms with van der Waals surface area (Å²) in [4.78, 5) is 3.99. The molecule has 3 nitrogen and oxygen atoms in total. The van der Waals surface area contributed by atoms with Crippen LogP contribution in [0.15, 0.2) is 27.7 Å². The zero-order chi connectivity index (χ0) is 10.6. The second kappa shape index (κ2) is 5.12. The first kappa shape index (κ1) is 11.2. The van der Waals surface area contributed by atoms with E-state index < -0.39 is 6.10 Å². The van der Waals surface area contributed by atoms with Crippen molar-refractivity contribution in [2.24, 2.45) is 4.99 Å². The zero-order valence-corrected chi connectivity index (χ0v) is 9.40. The van der Waals surface area contributed by atoms with Gasteiger partial charge in [0.25, 0.3) is 0 Å². The fourth-order valence-corrected chi connectivity index (χ4v) is 1.31. The minimum absolute atomic E-state index is 0.183. The number of nitrogens with zero attached hydrogens (tertiary/aromatic N) is 1. The van der Waals surface area contributed by atoms with Gasteiger partial charge in [-0.3, -0.25) is 4.99 Å². The number of phenols is 1. The van der Waals surface area contributed by atoms with Crippen LogP contribution in [0.5, 0.6) is 5.75 Å². The number of aliphatic hydroxyl groups excluding tert-OH is 1. The Hall–Kier alpha value is -0.870. The molecule has 4 heteroatoms. The van der Waals surface area contributed by atoms with Crippen LogP contribution in [0.1, 0.15) is 12.5 Å². The number of aliphatic imine (C=N–C) groups is 1. The van der Waals surface area contributed by atoms with Crippen LogP contribution < -0.4 is 0 Å². The molecule has 0 saturated heterocycles. The van der Waals surface area contributed by atoms with Gasteiger partial charge < -0.3 is 10.2 Å². The van der Waals surface area contributed by atoms with Crippen LogP contribution in [0.2, 0.25) is 0 Å². The zero-order valence-electron chi connectivity index (χ0n) is 7.81. The number of hydrogen-bond donors (Lipinski definition) is 2. The highest BCUT2D eigenvalue weighted by Gasteiger charge is 1.98. The molecule has 0 unspecified atom stereocenters. The summed E-state index contributed by atoms with van der Waals surface area (Å²) in [7, 11) is 0. The second-order valence-corrected chi connectivity index (χ2v) is 3.96. The molecule has 0 amide bonds. The Morgan fingerprint density at radius 2 is 2.29 bits per heavy atom. The van der Waals surface area contributed by atoms with Gasteiger partial charge in [0.05, 0.1) is 12.6 Å². The van der Waals surface area contributed by atoms with E-state index in [2.05, 4.69) is 20.9 Å². The van der Waals surface area contributed by atoms with Gasteiger partial charge in [-0.2, -0.15) is 0 Å². The first-order valence-corrected chi connectivity index (χ1v) is 5.05. The predicted molar refractivity (Wildman–Crippen MR) is 59.9 cm³/mol. The minimum Gasteiger partial charge on any atom is -0.507 e. The summed E-state index contributed by atoms with van der Waals surface area (Å²) in [5.74, 6) is 0.183. The van der Waals surface area contributed by atoms with Crippen LogP contribution >= 0.6 is 15.9 Å². The number of rotatable bonds is 3. The summed E-state index contributed by atoms with van der Waals surface area (Å²) in [5.41, 5.74) is 0.639. The standard InChI is InChI=1S/C10H12BrNO2/c1-7(13)5-12-6-8-4-9(11)2-3-10(8)14/h2-4,6-7,13-14H,5H2,1H3/t7-/m1/s1. The Kier molecular flexibility index (Phi) is 4.10. The molecule has 0 bridgehead atoms. The highest BCUT2D eigenvalue weighted by molar-refractivity contribution is 9.10. The Morgan fingerprint density at radius 1 is 1.57 bits per heavy atom. The van der Waals surface area contributed by atoms with Gasteiger partial charge in [-0.15, -0.1) is 0 Å². The van der Waals surface area contributed by atoms with Crippen LogP contribution in [-0.2, 0) is 0 Å². The number of halogens is 1. The molecule has 76 valence electrons. The first-order valence-electron chi connectivity index (χ1n) is 4.26. The van der Waals surface area contributed by atoms with Gasteiger partial charge in [-0.25, -0.2) is 0 Å². The van der Waals surface area contributed by atoms with E-state index in [0.717, 1.165) is 4.47 Å². The maximum atomic E-state index is 9.43. The Balaban J connectivity index is 2.75. The van der Waals surface area contributed by atoms with Crippen molar-refractivity contribution in [1.82, 2.24) is 0 Å². The number of hydrogen-bond acceptors (Lipinski definition) is 3. The molecule has 0 radical (unpaired) electrons. The normalized spacial score (nSPS) is 13.4. The van der Waals surface area contributed by atoms with Crippen molar-refractivity contribution in [2.45, 2.75) is 13.0 Å². The lowest BCUT2D eigenvalue weighted by Gasteiger charge is -2.00. The van der Waals surface area contributed by atoms with Crippen molar-refractivity contribution in [3.63, 3.8) is 0 Å². The van der Waals surface area contributed by atoms with Gasteiger partial charge in [0.2, 0.25) is 0 Å². The summed E-state index contributed by atoms with van der Waals surface area (Å²) >= 11 is 3.29. The van der Waals surface area contributed by atoms with Crippen molar-refractivity contribution in [1.29, 1.82) is 0 Å². The van der Waals surface area contributed by atoms with Gasteiger partial charge in [0.15, 0.2) is 0 Å². The molecule has 0 aliphatic heterocycles. The highest BCUT2D eigenvalue weighted by atomic mass is 79.9. The maximum Gasteiger partial charge on any atom is 0.124 e. The van der Waals surface area contributed by atoms with Gasteiger partial charge in [-0.05, 0) is 25.1 Å². The molecule has 0 aliphatic rings. The quantitative estimate of drug-likeness (QED) is 0.814. The summed E-state index contributed by atoms with van der Waals surface area (Å²) in [6.45, 7) is 2.00. The molecular formula is C10H12BrNO2. The summed E-state index contributed by atoms with van der Waals surface area (Å²) in [5, 5.41) is 18.4. The van der Waals surface area contributed by atoms with Crippen molar-refractivity contribution in [2.75, 3.05) is 6.54 Å². The smallest absolute Gasteiger partial charge is 0.124 e. The van der Waals surface area contributed by atoms with E-state index in [4.69, 9.17) is 5.11 Å². The monoisotopic (exact) mass is 257 g/mol. The lowest BCUT2D eigenvalue weighted by molar-refractivity contribution is 0.204. The molecule has 2 N–H and O–H groups in total. The number of aromatic hydroxyl groups is 1. The topological polar surface area (TPSA) is 52.8 Å². The van der Waals surface area contributed by atoms with Crippen LogP contribution in [0.4, 0.5) is 0 Å². The molecular weight excluding hydrogens is 246 g/mol. The lowest BCUT2D eigenvalue weighted by atomic mass is 10.2. The van der Waals surface area contributed by atoms with Crippen molar-refractivity contribution in [3.05, 3.63) is 28.2 Å². The summed E-state index contributed by atoms with van der Waals surface area (Å²) in [6, 6.07) is 5.11. The SMILES string of the molecule is C[C@@H](O)CN=Cc1cc(Br)ccc1O. The van der Waals surface area contributed by atoms with Gasteiger partial charge in [0, 0.05) is 16.3 Å². The predicted octanol–water partition coefficient (Wildman–Crippen LogP) is 1.95. The minimum atomic E-state index is -0.458. The van der Waals surface area contributed by atoms with Gasteiger partial charge in [-0.1, -0.05) is 15.9 Å². The molecule has 1 aromatic rings. The molecule has 0 heterocycles. The Morgan fingerprint density at radius 3 is 2.93 bits per heavy atom. The molecule has 0 fully saturated rings. The molecule has 1 rings (SSSR count). The van der Waals surface area contributed by atoms with E-state index in [0.29, 0.717) is 12.1 Å². The fourth-order valence-electron chi connectivity index (χ4n) is 0.932. The van der Waals surface area contributed by atoms with Crippen molar-refractivity contribution in [3.8, 4) is 5.75 Å². The maximum absolute atomic E-state index is 9.43. The molecule has 14 heavy (non-hydrogen) atoms. The van der Waals surface area contributed by atoms with E-state index in [-0.39, 0.29) is 5.75 Å². The highest BCUT2D eigenvalue weighted by Crippen LogP contribution is 2.19. The third kappa shape index (κ3) is 3.47. The molecule has 0 aromatic heterocycles. The van der Waals surface area contributed by atoms with Crippen LogP contribution in [0.3, 0.4) is 0 Å². The molecule has 1 aromatic carbocycles. The fraction of sp³-hybridized carbons (Fsp3) is 0.300. The van der Waals surface area contributed by atoms with E-state index >= 15 is 0 Å². The van der Waals surface area contributed by atoms with Crippen molar-refractivity contribution >= 4 is 22.1 Å². The summed E-state index contributed by atoms with van der Waals surface area (Å²) < 4.78 is 0.883. The van der Waals surface area contributed by atoms with Gasteiger partial charge >= 0.3 is 0 Å². The van der Waals surface area contributed by atoms with E-state index in [1.54, 1.807) is 31.3 Å². The molecule has 0 aliphatic carbocycles. The average molecular weight is 258 g/mol. The van der Waals surface area contributed by atoms with Crippen LogP contribution in [0, 0.1) is 0 Å². The van der Waals surface area contributed by atoms with E-state index in [9.17, 15) is 5.11 Å². The molecule has 0 spiro atoms. The average Bonchev–Trinajstić information content (AvgIpc) is 2.10. The summed E-state index contributed by atoms with van der Waals surface area (Å²) in [6.07, 6.45) is 1.09. The largest absolute Gasteiger partial charge is 0.507 e. The van der Waals surface area contributed by atoms with Crippen LogP contribution in [0.25, 0.3) is 0 Å². The third-order valence-electron chi connectivity index (χ3n) is 1.59. The third-order valence-corrected chi connectivity index (χ3v) is 2.08. The number of benzene rings is 1. The molecule has 0 saturated carbocycles. The van der Waals surface area contributed by atoms with Crippen LogP contribution in [-0.4, -0.2) is 29.1 Å². The first-order chi connectivity index (χ1) is 6.59. The number of phenolic OH excluding ortho intramolecular Hbond substituents is 1. The Bertz CT molecular complexity index is 337. The van der Waals surface area contributed by atoms with Crippen molar-refractivity contribution < 1.29 is 10.2 Å². The lowest BCUT2D eigenvalue weighted by Crippen LogP contribution is -2.03. The Labute approximate surface area is 91.2 Å². The van der Waals surface area contributed by atoms with E-state index in [1.165, 1.54) is 0 Å². The van der Waals surface area contributed by atoms with Gasteiger partial charge in [0.1, 0.15) is 5.75 Å². The van der Waals surface area contributed by atoms with E-state index in [1.807, 2.05) is 0 Å². The second-order valence-electron chi connectivity index (χ2n) is 3.05. The molecule has 1 atom stereocenters.